The van der Waals surface area contributed by atoms with E-state index in [4.69, 9.17) is 9.47 Å². The highest BCUT2D eigenvalue weighted by atomic mass is 16.5. The molecule has 0 unspecified atom stereocenters. The first-order valence-electron chi connectivity index (χ1n) is 18.0. The Labute approximate surface area is 270 Å². The molecule has 44 heavy (non-hydrogen) atoms. The van der Waals surface area contributed by atoms with Crippen LogP contribution in [0.5, 0.6) is 0 Å². The van der Waals surface area contributed by atoms with Gasteiger partial charge >= 0.3 is 5.97 Å². The van der Waals surface area contributed by atoms with E-state index in [1.54, 1.807) is 5.57 Å². The van der Waals surface area contributed by atoms with Gasteiger partial charge in [-0.3, -0.25) is 4.79 Å². The average Bonchev–Trinajstić information content (AvgIpc) is 2.91. The van der Waals surface area contributed by atoms with Crippen LogP contribution in [-0.4, -0.2) is 49.6 Å². The van der Waals surface area contributed by atoms with Crippen LogP contribution in [-0.2, 0) is 14.3 Å². The zero-order chi connectivity index (χ0) is 32.9. The number of carbonyl (C=O) groups is 1. The lowest BCUT2D eigenvalue weighted by Crippen LogP contribution is -2.69. The Balaban J connectivity index is 1.52. The number of rotatable bonds is 7. The summed E-state index contributed by atoms with van der Waals surface area (Å²) in [7, 11) is 2.06. The van der Waals surface area contributed by atoms with Crippen molar-refractivity contribution >= 4 is 5.97 Å². The first-order valence-corrected chi connectivity index (χ1v) is 18.0. The van der Waals surface area contributed by atoms with Crippen molar-refractivity contribution in [3.8, 4) is 0 Å². The van der Waals surface area contributed by atoms with Crippen molar-refractivity contribution in [2.75, 3.05) is 26.9 Å². The molecule has 1 aliphatic heterocycles. The minimum Gasteiger partial charge on any atom is -0.481 e. The van der Waals surface area contributed by atoms with E-state index in [1.807, 2.05) is 0 Å². The number of allylic oxidation sites excluding steroid dienone is 1. The summed E-state index contributed by atoms with van der Waals surface area (Å²) in [4.78, 5) is 13.3. The zero-order valence-corrected chi connectivity index (χ0v) is 30.7. The Morgan fingerprint density at radius 1 is 1.07 bits per heavy atom. The predicted molar refractivity (Wildman–Crippen MR) is 179 cm³/mol. The lowest BCUT2D eigenvalue weighted by Gasteiger charge is -2.71. The molecule has 2 N–H and O–H groups in total. The molecule has 5 nitrogen and oxygen atoms in total. The van der Waals surface area contributed by atoms with Crippen LogP contribution in [0.4, 0.5) is 0 Å². The average molecular weight is 614 g/mol. The van der Waals surface area contributed by atoms with Gasteiger partial charge in [-0.15, -0.1) is 0 Å². The fraction of sp³-hybridized carbons (Fsp3) is 0.923. The summed E-state index contributed by atoms with van der Waals surface area (Å²) in [6, 6.07) is 0. The quantitative estimate of drug-likeness (QED) is 0.281. The van der Waals surface area contributed by atoms with Crippen molar-refractivity contribution < 1.29 is 19.4 Å². The Bertz CT molecular complexity index is 1160. The fourth-order valence-corrected chi connectivity index (χ4v) is 12.3. The van der Waals surface area contributed by atoms with Gasteiger partial charge in [-0.25, -0.2) is 0 Å². The fourth-order valence-electron chi connectivity index (χ4n) is 12.3. The molecule has 252 valence electrons. The van der Waals surface area contributed by atoms with E-state index in [-0.39, 0.29) is 50.1 Å². The van der Waals surface area contributed by atoms with E-state index in [1.165, 1.54) is 6.42 Å². The normalized spacial score (nSPS) is 47.5. The second kappa shape index (κ2) is 10.8. The number of carboxylic acid groups (broad SMARTS) is 1. The molecule has 0 aromatic carbocycles. The third-order valence-corrected chi connectivity index (χ3v) is 16.1. The van der Waals surface area contributed by atoms with Crippen LogP contribution in [0.2, 0.25) is 0 Å². The molecule has 5 rings (SSSR count). The van der Waals surface area contributed by atoms with Gasteiger partial charge in [-0.05, 0) is 104 Å². The highest BCUT2D eigenvalue weighted by molar-refractivity contribution is 5.73. The van der Waals surface area contributed by atoms with Crippen LogP contribution in [0.3, 0.4) is 0 Å². The maximum atomic E-state index is 13.3. The number of aliphatic carboxylic acids is 1. The van der Waals surface area contributed by atoms with Gasteiger partial charge in [-0.2, -0.15) is 0 Å². The smallest absolute Gasteiger partial charge is 0.307 e. The molecule has 5 aliphatic rings. The first-order chi connectivity index (χ1) is 20.2. The molecular formula is C39H67NO4. The van der Waals surface area contributed by atoms with Crippen LogP contribution >= 0.6 is 0 Å². The monoisotopic (exact) mass is 614 g/mol. The molecule has 4 fully saturated rings. The summed E-state index contributed by atoms with van der Waals surface area (Å²) in [5.74, 6) is 1.26. The molecule has 1 saturated heterocycles. The molecule has 3 saturated carbocycles. The van der Waals surface area contributed by atoms with Gasteiger partial charge in [0.2, 0.25) is 0 Å². The predicted octanol–water partition coefficient (Wildman–Crippen LogP) is 8.62. The number of fused-ring (bicyclic) bond motifs is 3. The molecule has 2 bridgehead atoms. The van der Waals surface area contributed by atoms with E-state index in [0.29, 0.717) is 36.2 Å². The second-order valence-corrected chi connectivity index (χ2v) is 19.1. The van der Waals surface area contributed by atoms with Crippen molar-refractivity contribution in [2.45, 2.75) is 133 Å². The number of hydrogen-bond donors (Lipinski definition) is 2. The summed E-state index contributed by atoms with van der Waals surface area (Å²) in [5, 5.41) is 14.6. The molecule has 0 amide bonds. The van der Waals surface area contributed by atoms with Crippen LogP contribution in [0, 0.1) is 68.0 Å². The number of likely N-dealkylation sites (N-methyl/N-ethyl adjacent to an activating group) is 1. The summed E-state index contributed by atoms with van der Waals surface area (Å²) in [6.07, 6.45) is 9.12. The standard InChI is InChI=1S/C39H67NO4/c1-24(2)26(4)34(8)18-19-36(10)27-14-15-29-35(9)21-43-23-39(29,28(27)16-17-37(36,11)30(34)32(41)42)20-25(3)31(35)44-22-38(12,40-13)33(5,6)7/h16,24-27,29-31,40H,14-15,17-23H2,1-13H3,(H,41,42)/t25-,26-,27+,29+,30-,31+,34-,35-,36-,37+,38+,39+/m1/s1. The Kier molecular flexibility index (Phi) is 8.46. The van der Waals surface area contributed by atoms with Crippen molar-refractivity contribution in [2.24, 2.45) is 68.0 Å². The van der Waals surface area contributed by atoms with Crippen LogP contribution < -0.4 is 5.32 Å². The van der Waals surface area contributed by atoms with Gasteiger partial charge in [0, 0.05) is 16.4 Å². The third-order valence-electron chi connectivity index (χ3n) is 16.1. The molecule has 0 aromatic heterocycles. The first kappa shape index (κ1) is 34.4. The summed E-state index contributed by atoms with van der Waals surface area (Å²) >= 11 is 0. The number of nitrogens with one attached hydrogen (secondary N) is 1. The molecular weight excluding hydrogens is 546 g/mol. The minimum absolute atomic E-state index is 0.0283. The maximum Gasteiger partial charge on any atom is 0.307 e. The number of carboxylic acids is 1. The molecule has 0 aromatic rings. The highest BCUT2D eigenvalue weighted by Gasteiger charge is 2.71. The van der Waals surface area contributed by atoms with E-state index in [2.05, 4.69) is 102 Å². The molecule has 1 heterocycles. The maximum absolute atomic E-state index is 13.3. The zero-order valence-electron chi connectivity index (χ0n) is 30.7. The molecule has 12 atom stereocenters. The lowest BCUT2D eigenvalue weighted by atomic mass is 9.34. The number of hydrogen-bond acceptors (Lipinski definition) is 4. The minimum atomic E-state index is -0.583. The van der Waals surface area contributed by atoms with E-state index in [9.17, 15) is 9.90 Å². The largest absolute Gasteiger partial charge is 0.481 e. The molecule has 0 spiro atoms. The van der Waals surface area contributed by atoms with Gasteiger partial charge in [0.25, 0.3) is 0 Å². The van der Waals surface area contributed by atoms with Crippen molar-refractivity contribution in [3.05, 3.63) is 11.6 Å². The molecule has 0 radical (unpaired) electrons. The highest BCUT2D eigenvalue weighted by Crippen LogP contribution is 2.75. The van der Waals surface area contributed by atoms with Gasteiger partial charge in [-0.1, -0.05) is 87.8 Å². The van der Waals surface area contributed by atoms with Crippen LogP contribution in [0.25, 0.3) is 0 Å². The van der Waals surface area contributed by atoms with E-state index >= 15 is 0 Å². The Morgan fingerprint density at radius 3 is 2.30 bits per heavy atom. The van der Waals surface area contributed by atoms with E-state index < -0.39 is 5.97 Å². The Hall–Kier alpha value is -0.910. The SMILES string of the molecule is CN[C@@](C)(CO[C@H]1[C@H](C)C[C@@]23COC[C@]1(C)[C@@H]2CC[C@H]1C3=CC[C@@]2(C)[C@H](C(=O)O)[C@@](C)([C@H](C)C(C)C)CC[C@]12C)C(C)(C)C. The van der Waals surface area contributed by atoms with Crippen LogP contribution in [0.1, 0.15) is 122 Å². The van der Waals surface area contributed by atoms with Crippen LogP contribution in [0.15, 0.2) is 11.6 Å². The topological polar surface area (TPSA) is 67.8 Å². The van der Waals surface area contributed by atoms with Crippen molar-refractivity contribution in [1.29, 1.82) is 0 Å². The third kappa shape index (κ3) is 4.50. The van der Waals surface area contributed by atoms with Gasteiger partial charge in [0.1, 0.15) is 0 Å². The molecule has 4 aliphatic carbocycles. The van der Waals surface area contributed by atoms with Gasteiger partial charge < -0.3 is 19.9 Å². The lowest BCUT2D eigenvalue weighted by molar-refractivity contribution is -0.254. The van der Waals surface area contributed by atoms with Gasteiger partial charge in [0.15, 0.2) is 0 Å². The Morgan fingerprint density at radius 2 is 1.73 bits per heavy atom. The summed E-state index contributed by atoms with van der Waals surface area (Å²) in [6.45, 7) is 30.3. The number of ether oxygens (including phenoxy) is 2. The molecule has 5 heteroatoms. The second-order valence-electron chi connectivity index (χ2n) is 19.1. The van der Waals surface area contributed by atoms with Crippen molar-refractivity contribution in [3.63, 3.8) is 0 Å². The summed E-state index contributed by atoms with van der Waals surface area (Å²) < 4.78 is 13.7. The summed E-state index contributed by atoms with van der Waals surface area (Å²) in [5.41, 5.74) is 1.03. The van der Waals surface area contributed by atoms with E-state index in [0.717, 1.165) is 45.3 Å². The van der Waals surface area contributed by atoms with Gasteiger partial charge in [0.05, 0.1) is 31.8 Å². The van der Waals surface area contributed by atoms with Crippen molar-refractivity contribution in [1.82, 2.24) is 5.32 Å².